The van der Waals surface area contributed by atoms with Crippen LogP contribution in [0.25, 0.3) is 0 Å². The highest BCUT2D eigenvalue weighted by Crippen LogP contribution is 2.26. The summed E-state index contributed by atoms with van der Waals surface area (Å²) in [6.07, 6.45) is 6.89. The Kier molecular flexibility index (Phi) is 5.17. The Morgan fingerprint density at radius 1 is 1.30 bits per heavy atom. The van der Waals surface area contributed by atoms with Gasteiger partial charge in [0.05, 0.1) is 17.7 Å². The van der Waals surface area contributed by atoms with Gasteiger partial charge in [0.2, 0.25) is 5.91 Å². The minimum Gasteiger partial charge on any atom is -0.350 e. The Morgan fingerprint density at radius 3 is 2.55 bits per heavy atom. The minimum absolute atomic E-state index is 0.00108. The van der Waals surface area contributed by atoms with E-state index in [4.69, 9.17) is 5.26 Å². The lowest BCUT2D eigenvalue weighted by molar-refractivity contribution is -0.122. The first kappa shape index (κ1) is 14.6. The van der Waals surface area contributed by atoms with E-state index in [0.717, 1.165) is 5.56 Å². The van der Waals surface area contributed by atoms with Crippen molar-refractivity contribution in [1.82, 2.24) is 5.32 Å². The molecule has 1 saturated carbocycles. The van der Waals surface area contributed by atoms with Crippen LogP contribution in [0.5, 0.6) is 0 Å². The molecule has 2 rings (SSSR count). The van der Waals surface area contributed by atoms with Crippen LogP contribution in [0.2, 0.25) is 0 Å². The number of carbonyl (C=O) groups is 1. The third-order valence-electron chi connectivity index (χ3n) is 4.12. The molecule has 1 aliphatic carbocycles. The van der Waals surface area contributed by atoms with E-state index in [1.165, 1.54) is 32.1 Å². The van der Waals surface area contributed by atoms with Crippen molar-refractivity contribution < 1.29 is 4.79 Å². The van der Waals surface area contributed by atoms with Gasteiger partial charge in [-0.1, -0.05) is 31.4 Å². The van der Waals surface area contributed by atoms with Gasteiger partial charge in [0.25, 0.3) is 0 Å². The van der Waals surface area contributed by atoms with E-state index in [0.29, 0.717) is 17.9 Å². The SMILES string of the molecule is CC(NC(=O)CC1CCCCC1)c1ccc(C#N)cc1. The molecule has 0 aliphatic heterocycles. The van der Waals surface area contributed by atoms with E-state index in [2.05, 4.69) is 11.4 Å². The van der Waals surface area contributed by atoms with Gasteiger partial charge in [0.15, 0.2) is 0 Å². The van der Waals surface area contributed by atoms with Gasteiger partial charge in [-0.25, -0.2) is 0 Å². The van der Waals surface area contributed by atoms with Crippen molar-refractivity contribution in [1.29, 1.82) is 5.26 Å². The van der Waals surface area contributed by atoms with Gasteiger partial charge >= 0.3 is 0 Å². The average molecular weight is 270 g/mol. The molecule has 1 aromatic carbocycles. The monoisotopic (exact) mass is 270 g/mol. The predicted molar refractivity (Wildman–Crippen MR) is 78.9 cm³/mol. The van der Waals surface area contributed by atoms with Gasteiger partial charge in [-0.15, -0.1) is 0 Å². The summed E-state index contributed by atoms with van der Waals surface area (Å²) in [5.74, 6) is 0.714. The molecule has 0 spiro atoms. The van der Waals surface area contributed by atoms with Gasteiger partial charge in [-0.05, 0) is 43.4 Å². The standard InChI is InChI=1S/C17H22N2O/c1-13(16-9-7-15(12-18)8-10-16)19-17(20)11-14-5-3-2-4-6-14/h7-10,13-14H,2-6,11H2,1H3,(H,19,20). The lowest BCUT2D eigenvalue weighted by Gasteiger charge is -2.22. The summed E-state index contributed by atoms with van der Waals surface area (Å²) in [6, 6.07) is 9.49. The molecule has 1 atom stereocenters. The molecule has 106 valence electrons. The van der Waals surface area contributed by atoms with E-state index >= 15 is 0 Å². The maximum atomic E-state index is 12.1. The third-order valence-corrected chi connectivity index (χ3v) is 4.12. The van der Waals surface area contributed by atoms with Crippen LogP contribution in [0.15, 0.2) is 24.3 Å². The van der Waals surface area contributed by atoms with Gasteiger partial charge in [-0.3, -0.25) is 4.79 Å². The van der Waals surface area contributed by atoms with Crippen molar-refractivity contribution in [3.63, 3.8) is 0 Å². The van der Waals surface area contributed by atoms with E-state index in [1.54, 1.807) is 12.1 Å². The molecule has 1 aromatic rings. The van der Waals surface area contributed by atoms with E-state index in [1.807, 2.05) is 19.1 Å². The second-order valence-corrected chi connectivity index (χ2v) is 5.73. The van der Waals surface area contributed by atoms with Crippen molar-refractivity contribution in [2.24, 2.45) is 5.92 Å². The number of nitrogens with zero attached hydrogens (tertiary/aromatic N) is 1. The predicted octanol–water partition coefficient (Wildman–Crippen LogP) is 3.71. The number of amides is 1. The van der Waals surface area contributed by atoms with Crippen molar-refractivity contribution >= 4 is 5.91 Å². The number of nitriles is 1. The second kappa shape index (κ2) is 7.09. The second-order valence-electron chi connectivity index (χ2n) is 5.73. The maximum Gasteiger partial charge on any atom is 0.220 e. The molecular weight excluding hydrogens is 248 g/mol. The summed E-state index contributed by atoms with van der Waals surface area (Å²) >= 11 is 0. The zero-order valence-corrected chi connectivity index (χ0v) is 12.1. The van der Waals surface area contributed by atoms with Crippen LogP contribution in [-0.2, 0) is 4.79 Å². The molecule has 1 fully saturated rings. The third kappa shape index (κ3) is 4.09. The Hall–Kier alpha value is -1.82. The van der Waals surface area contributed by atoms with E-state index in [-0.39, 0.29) is 11.9 Å². The van der Waals surface area contributed by atoms with Crippen molar-refractivity contribution in [3.05, 3.63) is 35.4 Å². The molecule has 0 aromatic heterocycles. The summed E-state index contributed by atoms with van der Waals surface area (Å²) in [4.78, 5) is 12.1. The number of hydrogen-bond acceptors (Lipinski definition) is 2. The lowest BCUT2D eigenvalue weighted by atomic mass is 9.87. The number of nitrogens with one attached hydrogen (secondary N) is 1. The van der Waals surface area contributed by atoms with Crippen LogP contribution in [0, 0.1) is 17.2 Å². The summed E-state index contributed by atoms with van der Waals surface area (Å²) in [6.45, 7) is 1.99. The molecule has 1 aliphatic rings. The first-order valence-corrected chi connectivity index (χ1v) is 7.48. The molecular formula is C17H22N2O. The van der Waals surface area contributed by atoms with Gasteiger partial charge in [0, 0.05) is 6.42 Å². The van der Waals surface area contributed by atoms with Crippen LogP contribution >= 0.6 is 0 Å². The fourth-order valence-electron chi connectivity index (χ4n) is 2.88. The number of benzene rings is 1. The molecule has 1 unspecified atom stereocenters. The lowest BCUT2D eigenvalue weighted by Crippen LogP contribution is -2.28. The van der Waals surface area contributed by atoms with Crippen molar-refractivity contribution in [3.8, 4) is 6.07 Å². The normalized spacial score (nSPS) is 17.2. The first-order chi connectivity index (χ1) is 9.69. The Labute approximate surface area is 121 Å². The Balaban J connectivity index is 1.84. The Morgan fingerprint density at radius 2 is 1.95 bits per heavy atom. The largest absolute Gasteiger partial charge is 0.350 e. The van der Waals surface area contributed by atoms with E-state index in [9.17, 15) is 4.79 Å². The molecule has 0 heterocycles. The molecule has 0 radical (unpaired) electrons. The first-order valence-electron chi connectivity index (χ1n) is 7.48. The maximum absolute atomic E-state index is 12.1. The smallest absolute Gasteiger partial charge is 0.220 e. The van der Waals surface area contributed by atoms with E-state index < -0.39 is 0 Å². The van der Waals surface area contributed by atoms with Gasteiger partial charge in [-0.2, -0.15) is 5.26 Å². The fraction of sp³-hybridized carbons (Fsp3) is 0.529. The zero-order chi connectivity index (χ0) is 14.4. The molecule has 0 saturated heterocycles. The van der Waals surface area contributed by atoms with Crippen LogP contribution < -0.4 is 5.32 Å². The zero-order valence-electron chi connectivity index (χ0n) is 12.1. The average Bonchev–Trinajstić information content (AvgIpc) is 2.48. The van der Waals surface area contributed by atoms with Gasteiger partial charge < -0.3 is 5.32 Å². The number of hydrogen-bond donors (Lipinski definition) is 1. The fourth-order valence-corrected chi connectivity index (χ4v) is 2.88. The number of rotatable bonds is 4. The highest BCUT2D eigenvalue weighted by atomic mass is 16.1. The highest BCUT2D eigenvalue weighted by Gasteiger charge is 2.18. The molecule has 0 bridgehead atoms. The van der Waals surface area contributed by atoms with Crippen LogP contribution in [0.1, 0.15) is 62.6 Å². The minimum atomic E-state index is -0.00108. The summed E-state index contributed by atoms with van der Waals surface area (Å²) in [5, 5.41) is 11.8. The van der Waals surface area contributed by atoms with Crippen LogP contribution in [0.4, 0.5) is 0 Å². The van der Waals surface area contributed by atoms with Gasteiger partial charge in [0.1, 0.15) is 0 Å². The van der Waals surface area contributed by atoms with Crippen LogP contribution in [-0.4, -0.2) is 5.91 Å². The summed E-state index contributed by atoms with van der Waals surface area (Å²) in [5.41, 5.74) is 1.69. The highest BCUT2D eigenvalue weighted by molar-refractivity contribution is 5.76. The number of carbonyl (C=O) groups excluding carboxylic acids is 1. The van der Waals surface area contributed by atoms with Crippen LogP contribution in [0.3, 0.4) is 0 Å². The summed E-state index contributed by atoms with van der Waals surface area (Å²) < 4.78 is 0. The molecule has 1 amide bonds. The van der Waals surface area contributed by atoms with Crippen molar-refractivity contribution in [2.45, 2.75) is 51.5 Å². The topological polar surface area (TPSA) is 52.9 Å². The summed E-state index contributed by atoms with van der Waals surface area (Å²) in [7, 11) is 0. The van der Waals surface area contributed by atoms with Crippen molar-refractivity contribution in [2.75, 3.05) is 0 Å². The molecule has 20 heavy (non-hydrogen) atoms. The Bertz CT molecular complexity index is 481. The quantitative estimate of drug-likeness (QED) is 0.906. The molecule has 3 heteroatoms. The molecule has 1 N–H and O–H groups in total. The molecule has 3 nitrogen and oxygen atoms in total.